The molecule has 1 amide bonds. The monoisotopic (exact) mass is 279 g/mol. The number of aldehydes is 1. The van der Waals surface area contributed by atoms with E-state index >= 15 is 0 Å². The lowest BCUT2D eigenvalue weighted by atomic mass is 10.1. The molecule has 0 aliphatic rings. The summed E-state index contributed by atoms with van der Waals surface area (Å²) in [4.78, 5) is 27.7. The molecule has 5 heteroatoms. The number of hydroxylamine groups is 2. The highest BCUT2D eigenvalue weighted by Gasteiger charge is 2.24. The van der Waals surface area contributed by atoms with Crippen LogP contribution in [-0.2, 0) is 21.0 Å². The van der Waals surface area contributed by atoms with Gasteiger partial charge in [-0.25, -0.2) is 4.79 Å². The Balaban J connectivity index is 2.58. The molecule has 0 spiro atoms. The third-order valence-electron chi connectivity index (χ3n) is 2.90. The Morgan fingerprint density at radius 3 is 2.60 bits per heavy atom. The van der Waals surface area contributed by atoms with Gasteiger partial charge in [0.15, 0.2) is 0 Å². The molecule has 0 N–H and O–H groups in total. The fourth-order valence-electron chi connectivity index (χ4n) is 1.93. The second-order valence-electron chi connectivity index (χ2n) is 4.39. The van der Waals surface area contributed by atoms with E-state index < -0.39 is 6.09 Å². The Morgan fingerprint density at radius 2 is 2.05 bits per heavy atom. The average molecular weight is 279 g/mol. The van der Waals surface area contributed by atoms with E-state index in [0.717, 1.165) is 23.3 Å². The minimum atomic E-state index is -0.573. The van der Waals surface area contributed by atoms with Gasteiger partial charge in [-0.15, -0.1) is 0 Å². The van der Waals surface area contributed by atoms with Gasteiger partial charge in [-0.2, -0.15) is 5.06 Å². The van der Waals surface area contributed by atoms with Crippen LogP contribution in [0.3, 0.4) is 0 Å². The topological polar surface area (TPSA) is 55.8 Å². The van der Waals surface area contributed by atoms with Crippen LogP contribution in [0.1, 0.15) is 31.7 Å². The zero-order chi connectivity index (χ0) is 14.8. The molecule has 0 fully saturated rings. The van der Waals surface area contributed by atoms with Crippen molar-refractivity contribution >= 4 is 12.4 Å². The number of hydrogen-bond acceptors (Lipinski definition) is 4. The lowest BCUT2D eigenvalue weighted by Crippen LogP contribution is -2.40. The standard InChI is InChI=1S/C15H21NO4/c1-3-7-14(10-11-17)16(19-2)15(18)20-12-13-8-5-4-6-9-13/h4-6,8-9,11,14H,3,7,10,12H2,1-2H3/t14-/m1/s1. The Bertz CT molecular complexity index is 408. The third kappa shape index (κ3) is 5.01. The van der Waals surface area contributed by atoms with Crippen LogP contribution in [0.15, 0.2) is 30.3 Å². The maximum Gasteiger partial charge on any atom is 0.434 e. The van der Waals surface area contributed by atoms with Crippen LogP contribution < -0.4 is 0 Å². The molecule has 0 aliphatic carbocycles. The summed E-state index contributed by atoms with van der Waals surface area (Å²) in [6, 6.07) is 9.12. The van der Waals surface area contributed by atoms with E-state index in [-0.39, 0.29) is 19.1 Å². The summed E-state index contributed by atoms with van der Waals surface area (Å²) in [5, 5.41) is 1.14. The van der Waals surface area contributed by atoms with E-state index in [9.17, 15) is 9.59 Å². The number of benzene rings is 1. The van der Waals surface area contributed by atoms with Crippen molar-refractivity contribution in [2.24, 2.45) is 0 Å². The van der Waals surface area contributed by atoms with Crippen molar-refractivity contribution in [3.05, 3.63) is 35.9 Å². The van der Waals surface area contributed by atoms with Crippen molar-refractivity contribution in [3.8, 4) is 0 Å². The van der Waals surface area contributed by atoms with Gasteiger partial charge in [0.25, 0.3) is 0 Å². The molecular formula is C15H21NO4. The second-order valence-corrected chi connectivity index (χ2v) is 4.39. The Labute approximate surface area is 119 Å². The van der Waals surface area contributed by atoms with Gasteiger partial charge >= 0.3 is 6.09 Å². The lowest BCUT2D eigenvalue weighted by Gasteiger charge is -2.27. The molecule has 1 aromatic carbocycles. The van der Waals surface area contributed by atoms with Gasteiger partial charge in [0.05, 0.1) is 13.2 Å². The highest BCUT2D eigenvalue weighted by atomic mass is 16.7. The number of nitrogens with zero attached hydrogens (tertiary/aromatic N) is 1. The zero-order valence-electron chi connectivity index (χ0n) is 12.0. The first kappa shape index (κ1) is 16.2. The number of ether oxygens (including phenoxy) is 1. The predicted octanol–water partition coefficient (Wildman–Crippen LogP) is 2.94. The third-order valence-corrected chi connectivity index (χ3v) is 2.90. The molecule has 5 nitrogen and oxygen atoms in total. The SMILES string of the molecule is CCC[C@H](CC=O)N(OC)C(=O)OCc1ccccc1. The van der Waals surface area contributed by atoms with E-state index in [4.69, 9.17) is 9.57 Å². The van der Waals surface area contributed by atoms with E-state index in [1.54, 1.807) is 0 Å². The second kappa shape index (κ2) is 9.09. The summed E-state index contributed by atoms with van der Waals surface area (Å²) in [7, 11) is 1.40. The van der Waals surface area contributed by atoms with Gasteiger partial charge in [-0.1, -0.05) is 43.7 Å². The van der Waals surface area contributed by atoms with Gasteiger partial charge in [0, 0.05) is 6.42 Å². The number of rotatable bonds is 8. The van der Waals surface area contributed by atoms with Crippen molar-refractivity contribution < 1.29 is 19.2 Å². The Kier molecular flexibility index (Phi) is 7.35. The number of carbonyl (C=O) groups excluding carboxylic acids is 2. The van der Waals surface area contributed by atoms with Crippen LogP contribution in [0.25, 0.3) is 0 Å². The van der Waals surface area contributed by atoms with Crippen LogP contribution >= 0.6 is 0 Å². The van der Waals surface area contributed by atoms with E-state index in [2.05, 4.69) is 0 Å². The molecule has 0 bridgehead atoms. The van der Waals surface area contributed by atoms with Crippen LogP contribution in [0.5, 0.6) is 0 Å². The van der Waals surface area contributed by atoms with Crippen molar-refractivity contribution in [1.29, 1.82) is 0 Å². The fourth-order valence-corrected chi connectivity index (χ4v) is 1.93. The minimum Gasteiger partial charge on any atom is -0.443 e. The molecule has 110 valence electrons. The first-order valence-corrected chi connectivity index (χ1v) is 6.70. The van der Waals surface area contributed by atoms with Crippen LogP contribution in [0.2, 0.25) is 0 Å². The normalized spacial score (nSPS) is 11.7. The molecule has 0 aliphatic heterocycles. The molecule has 0 unspecified atom stereocenters. The van der Waals surface area contributed by atoms with E-state index in [0.29, 0.717) is 6.42 Å². The van der Waals surface area contributed by atoms with E-state index in [1.165, 1.54) is 7.11 Å². The van der Waals surface area contributed by atoms with E-state index in [1.807, 2.05) is 37.3 Å². The quantitative estimate of drug-likeness (QED) is 0.542. The first-order valence-electron chi connectivity index (χ1n) is 6.70. The largest absolute Gasteiger partial charge is 0.443 e. The van der Waals surface area contributed by atoms with Crippen LogP contribution in [0.4, 0.5) is 4.79 Å². The maximum atomic E-state index is 12.0. The van der Waals surface area contributed by atoms with Gasteiger partial charge in [-0.3, -0.25) is 4.84 Å². The fraction of sp³-hybridized carbons (Fsp3) is 0.467. The molecular weight excluding hydrogens is 258 g/mol. The zero-order valence-corrected chi connectivity index (χ0v) is 12.0. The number of carbonyl (C=O) groups is 2. The van der Waals surface area contributed by atoms with Crippen molar-refractivity contribution in [3.63, 3.8) is 0 Å². The van der Waals surface area contributed by atoms with Crippen LogP contribution in [0, 0.1) is 0 Å². The lowest BCUT2D eigenvalue weighted by molar-refractivity contribution is -0.144. The molecule has 1 rings (SSSR count). The molecule has 0 saturated carbocycles. The predicted molar refractivity (Wildman–Crippen MR) is 74.9 cm³/mol. The molecule has 1 atom stereocenters. The highest BCUT2D eigenvalue weighted by Crippen LogP contribution is 2.13. The molecule has 0 saturated heterocycles. The summed E-state index contributed by atoms with van der Waals surface area (Å²) in [5.41, 5.74) is 0.902. The summed E-state index contributed by atoms with van der Waals surface area (Å²) < 4.78 is 5.20. The summed E-state index contributed by atoms with van der Waals surface area (Å²) >= 11 is 0. The maximum absolute atomic E-state index is 12.0. The van der Waals surface area contributed by atoms with Gasteiger partial charge < -0.3 is 9.53 Å². The van der Waals surface area contributed by atoms with Crippen LogP contribution in [-0.4, -0.2) is 30.6 Å². The van der Waals surface area contributed by atoms with Gasteiger partial charge in [0.1, 0.15) is 12.9 Å². The van der Waals surface area contributed by atoms with Crippen molar-refractivity contribution in [2.45, 2.75) is 38.8 Å². The molecule has 0 radical (unpaired) electrons. The molecule has 0 heterocycles. The molecule has 20 heavy (non-hydrogen) atoms. The summed E-state index contributed by atoms with van der Waals surface area (Å²) in [5.74, 6) is 0. The average Bonchev–Trinajstić information content (AvgIpc) is 2.47. The molecule has 1 aromatic rings. The number of amides is 1. The van der Waals surface area contributed by atoms with Gasteiger partial charge in [-0.05, 0) is 12.0 Å². The minimum absolute atomic E-state index is 0.180. The van der Waals surface area contributed by atoms with Crippen molar-refractivity contribution in [2.75, 3.05) is 7.11 Å². The first-order chi connectivity index (χ1) is 9.72. The Morgan fingerprint density at radius 1 is 1.35 bits per heavy atom. The molecule has 0 aromatic heterocycles. The Hall–Kier alpha value is -1.88. The highest BCUT2D eigenvalue weighted by molar-refractivity contribution is 5.67. The van der Waals surface area contributed by atoms with Gasteiger partial charge in [0.2, 0.25) is 0 Å². The summed E-state index contributed by atoms with van der Waals surface area (Å²) in [6.45, 7) is 2.17. The smallest absolute Gasteiger partial charge is 0.434 e. The summed E-state index contributed by atoms with van der Waals surface area (Å²) in [6.07, 6.45) is 1.99. The number of hydrogen-bond donors (Lipinski definition) is 0. The van der Waals surface area contributed by atoms with Crippen molar-refractivity contribution in [1.82, 2.24) is 5.06 Å².